The van der Waals surface area contributed by atoms with Gasteiger partial charge in [-0.05, 0) is 42.8 Å². The average molecular weight is 373 g/mol. The number of carbonyl (C=O) groups excluding carboxylic acids is 1. The molecule has 0 bridgehead atoms. The number of halogens is 1. The van der Waals surface area contributed by atoms with Gasteiger partial charge in [-0.3, -0.25) is 4.79 Å². The van der Waals surface area contributed by atoms with Crippen LogP contribution in [0.15, 0.2) is 36.4 Å². The Bertz CT molecular complexity index is 834. The van der Waals surface area contributed by atoms with E-state index in [-0.39, 0.29) is 5.91 Å². The van der Waals surface area contributed by atoms with Gasteiger partial charge in [-0.15, -0.1) is 0 Å². The summed E-state index contributed by atoms with van der Waals surface area (Å²) in [5, 5.41) is 0.527. The van der Waals surface area contributed by atoms with E-state index in [4.69, 9.17) is 21.1 Å². The number of aryl methyl sites for hydroxylation is 1. The van der Waals surface area contributed by atoms with Crippen LogP contribution in [0.1, 0.15) is 15.9 Å². The Morgan fingerprint density at radius 2 is 1.85 bits per heavy atom. The van der Waals surface area contributed by atoms with Crippen LogP contribution in [-0.4, -0.2) is 45.4 Å². The first-order valence-electron chi connectivity index (χ1n) is 8.81. The van der Waals surface area contributed by atoms with Crippen LogP contribution >= 0.6 is 11.6 Å². The first-order valence-corrected chi connectivity index (χ1v) is 9.19. The number of rotatable bonds is 2. The normalized spacial score (nSPS) is 16.8. The van der Waals surface area contributed by atoms with Gasteiger partial charge in [0.05, 0.1) is 30.5 Å². The lowest BCUT2D eigenvalue weighted by Gasteiger charge is -2.31. The van der Waals surface area contributed by atoms with Crippen molar-refractivity contribution in [1.29, 1.82) is 0 Å². The van der Waals surface area contributed by atoms with Crippen LogP contribution < -0.4 is 14.5 Å². The van der Waals surface area contributed by atoms with E-state index in [0.29, 0.717) is 29.5 Å². The molecule has 0 spiro atoms. The largest absolute Gasteiger partial charge is 0.488 e. The maximum absolute atomic E-state index is 13.1. The van der Waals surface area contributed by atoms with E-state index in [1.807, 2.05) is 37.3 Å². The van der Waals surface area contributed by atoms with Gasteiger partial charge < -0.3 is 19.3 Å². The second kappa shape index (κ2) is 7.17. The first-order chi connectivity index (χ1) is 12.6. The van der Waals surface area contributed by atoms with Gasteiger partial charge in [0.2, 0.25) is 0 Å². The predicted molar refractivity (Wildman–Crippen MR) is 103 cm³/mol. The molecule has 0 aromatic heterocycles. The lowest BCUT2D eigenvalue weighted by molar-refractivity contribution is 0.0976. The molecule has 1 amide bonds. The highest BCUT2D eigenvalue weighted by molar-refractivity contribution is 6.32. The number of hydrogen-bond acceptors (Lipinski definition) is 4. The summed E-state index contributed by atoms with van der Waals surface area (Å²) in [6.07, 6.45) is 0. The molecule has 2 aliphatic heterocycles. The second-order valence-corrected chi connectivity index (χ2v) is 6.90. The van der Waals surface area contributed by atoms with Crippen LogP contribution in [0.3, 0.4) is 0 Å². The van der Waals surface area contributed by atoms with Crippen LogP contribution in [-0.2, 0) is 4.74 Å². The molecular formula is C20H21ClN2O3. The molecular weight excluding hydrogens is 352 g/mol. The number of carbonyl (C=O) groups is 1. The zero-order valence-electron chi connectivity index (χ0n) is 14.7. The van der Waals surface area contributed by atoms with Crippen LogP contribution in [0.2, 0.25) is 5.02 Å². The summed E-state index contributed by atoms with van der Waals surface area (Å²) in [4.78, 5) is 17.2. The topological polar surface area (TPSA) is 42.0 Å². The molecule has 5 nitrogen and oxygen atoms in total. The van der Waals surface area contributed by atoms with E-state index in [1.54, 1.807) is 11.0 Å². The monoisotopic (exact) mass is 372 g/mol. The van der Waals surface area contributed by atoms with Gasteiger partial charge in [0.1, 0.15) is 6.61 Å². The van der Waals surface area contributed by atoms with Crippen LogP contribution in [0.4, 0.5) is 11.4 Å². The number of hydrogen-bond donors (Lipinski definition) is 0. The third kappa shape index (κ3) is 3.13. The number of benzene rings is 2. The molecule has 2 aromatic carbocycles. The van der Waals surface area contributed by atoms with Gasteiger partial charge in [0.25, 0.3) is 5.91 Å². The number of nitrogens with zero attached hydrogens (tertiary/aromatic N) is 2. The molecule has 26 heavy (non-hydrogen) atoms. The van der Waals surface area contributed by atoms with Crippen molar-refractivity contribution in [2.45, 2.75) is 6.92 Å². The van der Waals surface area contributed by atoms with Gasteiger partial charge in [-0.2, -0.15) is 0 Å². The lowest BCUT2D eigenvalue weighted by Crippen LogP contribution is -2.38. The van der Waals surface area contributed by atoms with Crippen LogP contribution in [0.25, 0.3) is 0 Å². The standard InChI is InChI=1S/C20H21ClN2O3/c1-14-13-15(5-6-17(14)22-7-10-25-11-8-22)20(24)23-9-12-26-19-16(21)3-2-4-18(19)23/h2-6,13H,7-12H2,1H3. The molecule has 4 rings (SSSR count). The molecule has 2 heterocycles. The highest BCUT2D eigenvalue weighted by atomic mass is 35.5. The van der Waals surface area contributed by atoms with Crippen molar-refractivity contribution in [3.8, 4) is 5.75 Å². The predicted octanol–water partition coefficient (Wildman–Crippen LogP) is 3.52. The van der Waals surface area contributed by atoms with Crippen molar-refractivity contribution in [3.05, 3.63) is 52.5 Å². The van der Waals surface area contributed by atoms with E-state index in [1.165, 1.54) is 0 Å². The van der Waals surface area contributed by atoms with Crippen molar-refractivity contribution in [3.63, 3.8) is 0 Å². The minimum atomic E-state index is -0.0338. The number of para-hydroxylation sites is 1. The molecule has 1 saturated heterocycles. The summed E-state index contributed by atoms with van der Waals surface area (Å²) >= 11 is 6.21. The maximum Gasteiger partial charge on any atom is 0.258 e. The second-order valence-electron chi connectivity index (χ2n) is 6.49. The molecule has 6 heteroatoms. The molecule has 2 aromatic rings. The third-order valence-electron chi connectivity index (χ3n) is 4.84. The van der Waals surface area contributed by atoms with Crippen molar-refractivity contribution >= 4 is 28.9 Å². The van der Waals surface area contributed by atoms with Crippen molar-refractivity contribution in [2.75, 3.05) is 49.3 Å². The third-order valence-corrected chi connectivity index (χ3v) is 5.14. The van der Waals surface area contributed by atoms with Crippen molar-refractivity contribution < 1.29 is 14.3 Å². The number of amides is 1. The Hall–Kier alpha value is -2.24. The summed E-state index contributed by atoms with van der Waals surface area (Å²) in [7, 11) is 0. The number of fused-ring (bicyclic) bond motifs is 1. The van der Waals surface area contributed by atoms with Crippen LogP contribution in [0, 0.1) is 6.92 Å². The lowest BCUT2D eigenvalue weighted by atomic mass is 10.1. The number of ether oxygens (including phenoxy) is 2. The Labute approximate surface area is 158 Å². The molecule has 136 valence electrons. The zero-order chi connectivity index (χ0) is 18.1. The number of anilines is 2. The highest BCUT2D eigenvalue weighted by Crippen LogP contribution is 2.38. The van der Waals surface area contributed by atoms with E-state index < -0.39 is 0 Å². The Kier molecular flexibility index (Phi) is 4.74. The van der Waals surface area contributed by atoms with E-state index in [0.717, 1.165) is 43.2 Å². The quantitative estimate of drug-likeness (QED) is 0.808. The Morgan fingerprint density at radius 1 is 1.04 bits per heavy atom. The molecule has 1 fully saturated rings. The molecule has 2 aliphatic rings. The number of morpholine rings is 1. The highest BCUT2D eigenvalue weighted by Gasteiger charge is 2.26. The van der Waals surface area contributed by atoms with Gasteiger partial charge in [-0.1, -0.05) is 17.7 Å². The van der Waals surface area contributed by atoms with Crippen molar-refractivity contribution in [1.82, 2.24) is 0 Å². The molecule has 0 saturated carbocycles. The molecule has 0 N–H and O–H groups in total. The summed E-state index contributed by atoms with van der Waals surface area (Å²) < 4.78 is 11.1. The average Bonchev–Trinajstić information content (AvgIpc) is 2.68. The van der Waals surface area contributed by atoms with E-state index >= 15 is 0 Å². The van der Waals surface area contributed by atoms with Gasteiger partial charge in [0.15, 0.2) is 5.75 Å². The maximum atomic E-state index is 13.1. The molecule has 0 radical (unpaired) electrons. The van der Waals surface area contributed by atoms with E-state index in [2.05, 4.69) is 4.90 Å². The van der Waals surface area contributed by atoms with Crippen LogP contribution in [0.5, 0.6) is 5.75 Å². The minimum absolute atomic E-state index is 0.0338. The smallest absolute Gasteiger partial charge is 0.258 e. The Morgan fingerprint density at radius 3 is 2.62 bits per heavy atom. The fraction of sp³-hybridized carbons (Fsp3) is 0.350. The van der Waals surface area contributed by atoms with Gasteiger partial charge in [-0.25, -0.2) is 0 Å². The van der Waals surface area contributed by atoms with Gasteiger partial charge in [0, 0.05) is 24.3 Å². The summed E-state index contributed by atoms with van der Waals surface area (Å²) in [6.45, 7) is 6.24. The Balaban J connectivity index is 1.61. The summed E-state index contributed by atoms with van der Waals surface area (Å²) in [6, 6.07) is 11.4. The van der Waals surface area contributed by atoms with Gasteiger partial charge >= 0.3 is 0 Å². The first kappa shape index (κ1) is 17.2. The minimum Gasteiger partial charge on any atom is -0.488 e. The molecule has 0 atom stereocenters. The van der Waals surface area contributed by atoms with E-state index in [9.17, 15) is 4.79 Å². The SMILES string of the molecule is Cc1cc(C(=O)N2CCOc3c(Cl)cccc32)ccc1N1CCOCC1. The van der Waals surface area contributed by atoms with Crippen molar-refractivity contribution in [2.24, 2.45) is 0 Å². The zero-order valence-corrected chi connectivity index (χ0v) is 15.5. The fourth-order valence-electron chi connectivity index (χ4n) is 3.53. The fourth-order valence-corrected chi connectivity index (χ4v) is 3.75. The summed E-state index contributed by atoms with van der Waals surface area (Å²) in [5.41, 5.74) is 3.66. The molecule has 0 aliphatic carbocycles. The molecule has 0 unspecified atom stereocenters. The summed E-state index contributed by atoms with van der Waals surface area (Å²) in [5.74, 6) is 0.545.